The molecule has 0 spiro atoms. The van der Waals surface area contributed by atoms with Crippen molar-refractivity contribution in [2.75, 3.05) is 5.88 Å². The average molecular weight is 294 g/mol. The first-order valence-electron chi connectivity index (χ1n) is 4.16. The molecule has 0 fully saturated rings. The van der Waals surface area contributed by atoms with Gasteiger partial charge < -0.3 is 0 Å². The van der Waals surface area contributed by atoms with Crippen LogP contribution in [0.5, 0.6) is 0 Å². The summed E-state index contributed by atoms with van der Waals surface area (Å²) in [6.07, 6.45) is 0.360. The quantitative estimate of drug-likeness (QED) is 0.509. The first-order chi connectivity index (χ1) is 6.70. The minimum absolute atomic E-state index is 0.0556. The van der Waals surface area contributed by atoms with Gasteiger partial charge in [0.25, 0.3) is 0 Å². The van der Waals surface area contributed by atoms with Crippen LogP contribution < -0.4 is 0 Å². The van der Waals surface area contributed by atoms with Crippen LogP contribution in [0.3, 0.4) is 0 Å². The van der Waals surface area contributed by atoms with Crippen LogP contribution in [0.15, 0.2) is 23.1 Å². The van der Waals surface area contributed by atoms with Crippen LogP contribution in [0.2, 0.25) is 0 Å². The van der Waals surface area contributed by atoms with E-state index in [4.69, 9.17) is 11.6 Å². The molecule has 0 N–H and O–H groups in total. The highest BCUT2D eigenvalue weighted by Gasteiger charge is 2.12. The number of benzene rings is 1. The summed E-state index contributed by atoms with van der Waals surface area (Å²) >= 11 is 13.1. The Morgan fingerprint density at radius 3 is 2.79 bits per heavy atom. The summed E-state index contributed by atoms with van der Waals surface area (Å²) in [4.78, 5) is 12.4. The molecule has 4 heteroatoms. The van der Waals surface area contributed by atoms with Crippen molar-refractivity contribution in [2.45, 2.75) is 16.6 Å². The van der Waals surface area contributed by atoms with E-state index in [2.05, 4.69) is 28.6 Å². The summed E-state index contributed by atoms with van der Waals surface area (Å²) < 4.78 is 0. The number of thiol groups is 1. The van der Waals surface area contributed by atoms with Crippen LogP contribution in [-0.4, -0.2) is 11.7 Å². The van der Waals surface area contributed by atoms with Gasteiger partial charge in [-0.3, -0.25) is 4.79 Å². The first kappa shape index (κ1) is 12.1. The molecule has 14 heavy (non-hydrogen) atoms. The number of alkyl halides is 2. The van der Waals surface area contributed by atoms with Gasteiger partial charge in [0.1, 0.15) is 0 Å². The van der Waals surface area contributed by atoms with Gasteiger partial charge in [-0.25, -0.2) is 0 Å². The van der Waals surface area contributed by atoms with Crippen LogP contribution >= 0.6 is 40.2 Å². The molecule has 0 aliphatic rings. The lowest BCUT2D eigenvalue weighted by Crippen LogP contribution is -2.04. The van der Waals surface area contributed by atoms with Crippen molar-refractivity contribution in [1.29, 1.82) is 0 Å². The third kappa shape index (κ3) is 2.75. The smallest absolute Gasteiger partial charge is 0.165 e. The second kappa shape index (κ2) is 5.79. The van der Waals surface area contributed by atoms with Gasteiger partial charge in [-0.15, -0.1) is 24.2 Å². The highest BCUT2D eigenvalue weighted by molar-refractivity contribution is 9.08. The summed E-state index contributed by atoms with van der Waals surface area (Å²) in [6, 6.07) is 5.61. The molecule has 0 bridgehead atoms. The molecule has 0 aromatic heterocycles. The zero-order valence-electron chi connectivity index (χ0n) is 7.46. The predicted molar refractivity (Wildman–Crippen MR) is 66.0 cm³/mol. The molecule has 1 nitrogen and oxygen atoms in total. The maximum Gasteiger partial charge on any atom is 0.165 e. The first-order valence-corrected chi connectivity index (χ1v) is 6.27. The van der Waals surface area contributed by atoms with Crippen LogP contribution in [0, 0.1) is 0 Å². The summed E-state index contributed by atoms with van der Waals surface area (Å²) in [7, 11) is 0. The van der Waals surface area contributed by atoms with E-state index in [1.807, 2.05) is 18.2 Å². The Kier molecular flexibility index (Phi) is 4.99. The molecule has 0 radical (unpaired) electrons. The zero-order chi connectivity index (χ0) is 10.6. The molecular formula is C10H10BrClOS. The van der Waals surface area contributed by atoms with E-state index >= 15 is 0 Å². The fourth-order valence-corrected chi connectivity index (χ4v) is 2.22. The predicted octanol–water partition coefficient (Wildman–Crippen LogP) is 3.68. The second-order valence-electron chi connectivity index (χ2n) is 2.81. The van der Waals surface area contributed by atoms with Gasteiger partial charge in [0.2, 0.25) is 0 Å². The van der Waals surface area contributed by atoms with Gasteiger partial charge in [-0.2, -0.15) is 0 Å². The maximum atomic E-state index is 11.7. The van der Waals surface area contributed by atoms with Gasteiger partial charge in [0, 0.05) is 28.1 Å². The number of ketones is 1. The minimum Gasteiger partial charge on any atom is -0.294 e. The van der Waals surface area contributed by atoms with Crippen molar-refractivity contribution in [1.82, 2.24) is 0 Å². The molecule has 1 aromatic carbocycles. The number of Topliss-reactive ketones (excluding diaryl/α,β-unsaturated/α-hetero) is 1. The van der Waals surface area contributed by atoms with Gasteiger partial charge in [-0.05, 0) is 11.6 Å². The SMILES string of the molecule is O=C(CCCl)c1c(S)cccc1CBr. The van der Waals surface area contributed by atoms with Crippen molar-refractivity contribution in [3.63, 3.8) is 0 Å². The van der Waals surface area contributed by atoms with Crippen LogP contribution in [0.4, 0.5) is 0 Å². The van der Waals surface area contributed by atoms with Crippen LogP contribution in [-0.2, 0) is 5.33 Å². The summed E-state index contributed by atoms with van der Waals surface area (Å²) in [5.41, 5.74) is 1.65. The number of hydrogen-bond acceptors (Lipinski definition) is 2. The molecule has 1 aromatic rings. The number of carbonyl (C=O) groups is 1. The van der Waals surface area contributed by atoms with Crippen molar-refractivity contribution in [2.24, 2.45) is 0 Å². The molecule has 0 unspecified atom stereocenters. The zero-order valence-corrected chi connectivity index (χ0v) is 10.7. The molecule has 0 aliphatic heterocycles. The molecule has 0 saturated carbocycles. The lowest BCUT2D eigenvalue weighted by molar-refractivity contribution is 0.0986. The van der Waals surface area contributed by atoms with Gasteiger partial charge in [0.05, 0.1) is 0 Å². The molecule has 0 amide bonds. The van der Waals surface area contributed by atoms with Crippen molar-refractivity contribution >= 4 is 45.9 Å². The van der Waals surface area contributed by atoms with Crippen LogP contribution in [0.1, 0.15) is 22.3 Å². The third-order valence-electron chi connectivity index (χ3n) is 1.87. The summed E-state index contributed by atoms with van der Waals surface area (Å²) in [5, 5.41) is 0.657. The van der Waals surface area contributed by atoms with E-state index in [9.17, 15) is 4.79 Å². The Hall–Kier alpha value is 0.01000. The molecule has 1 rings (SSSR count). The molecule has 0 heterocycles. The summed E-state index contributed by atoms with van der Waals surface area (Å²) in [6.45, 7) is 0. The largest absolute Gasteiger partial charge is 0.294 e. The topological polar surface area (TPSA) is 17.1 Å². The van der Waals surface area contributed by atoms with Gasteiger partial charge >= 0.3 is 0 Å². The fourth-order valence-electron chi connectivity index (χ4n) is 1.23. The van der Waals surface area contributed by atoms with Gasteiger partial charge in [0.15, 0.2) is 5.78 Å². The lowest BCUT2D eigenvalue weighted by Gasteiger charge is -2.07. The van der Waals surface area contributed by atoms with Crippen molar-refractivity contribution in [3.8, 4) is 0 Å². The minimum atomic E-state index is 0.0556. The monoisotopic (exact) mass is 292 g/mol. The van der Waals surface area contributed by atoms with Crippen molar-refractivity contribution in [3.05, 3.63) is 29.3 Å². The Morgan fingerprint density at radius 1 is 1.50 bits per heavy atom. The lowest BCUT2D eigenvalue weighted by atomic mass is 10.0. The number of carbonyl (C=O) groups excluding carboxylic acids is 1. The average Bonchev–Trinajstić information content (AvgIpc) is 2.17. The Balaban J connectivity index is 3.10. The highest BCUT2D eigenvalue weighted by atomic mass is 79.9. The molecule has 0 aliphatic carbocycles. The Morgan fingerprint density at radius 2 is 2.21 bits per heavy atom. The molecule has 0 atom stereocenters. The second-order valence-corrected chi connectivity index (χ2v) is 4.23. The van der Waals surface area contributed by atoms with Gasteiger partial charge in [-0.1, -0.05) is 28.1 Å². The fraction of sp³-hybridized carbons (Fsp3) is 0.300. The van der Waals surface area contributed by atoms with E-state index in [0.717, 1.165) is 10.5 Å². The van der Waals surface area contributed by atoms with E-state index in [-0.39, 0.29) is 5.78 Å². The van der Waals surface area contributed by atoms with E-state index in [1.165, 1.54) is 0 Å². The Labute approximate surface area is 102 Å². The van der Waals surface area contributed by atoms with Crippen LogP contribution in [0.25, 0.3) is 0 Å². The Bertz CT molecular complexity index is 341. The number of halogens is 2. The molecule has 0 saturated heterocycles. The third-order valence-corrected chi connectivity index (χ3v) is 3.04. The highest BCUT2D eigenvalue weighted by Crippen LogP contribution is 2.22. The standard InChI is InChI=1S/C10H10BrClOS/c11-6-7-2-1-3-9(14)10(7)8(13)4-5-12/h1-3,14H,4-6H2. The summed E-state index contributed by atoms with van der Waals surface area (Å²) in [5.74, 6) is 0.405. The normalized spacial score (nSPS) is 10.2. The van der Waals surface area contributed by atoms with E-state index in [0.29, 0.717) is 23.2 Å². The van der Waals surface area contributed by atoms with E-state index in [1.54, 1.807) is 0 Å². The molecule has 76 valence electrons. The number of hydrogen-bond donors (Lipinski definition) is 1. The van der Waals surface area contributed by atoms with E-state index < -0.39 is 0 Å². The van der Waals surface area contributed by atoms with Crippen molar-refractivity contribution < 1.29 is 4.79 Å². The maximum absolute atomic E-state index is 11.7. The number of rotatable bonds is 4. The molecular weight excluding hydrogens is 284 g/mol.